The Hall–Kier alpha value is -3.49. The summed E-state index contributed by atoms with van der Waals surface area (Å²) in [5, 5.41) is 2.95. The number of nitrogens with zero attached hydrogens (tertiary/aromatic N) is 1. The van der Waals surface area contributed by atoms with Crippen LogP contribution < -0.4 is 10.0 Å². The summed E-state index contributed by atoms with van der Waals surface area (Å²) in [7, 11) is -3.52. The molecule has 0 aliphatic carbocycles. The Bertz CT molecular complexity index is 1270. The fraction of sp³-hybridized carbons (Fsp3) is 0.310. The lowest BCUT2D eigenvalue weighted by Gasteiger charge is -2.29. The minimum atomic E-state index is -3.52. The molecule has 3 rings (SSSR count). The van der Waals surface area contributed by atoms with E-state index >= 15 is 0 Å². The Morgan fingerprint density at radius 3 is 2.11 bits per heavy atom. The summed E-state index contributed by atoms with van der Waals surface area (Å²) >= 11 is 0. The van der Waals surface area contributed by atoms with Gasteiger partial charge in [-0.05, 0) is 49.1 Å². The van der Waals surface area contributed by atoms with E-state index in [2.05, 4.69) is 10.0 Å². The first-order valence-electron chi connectivity index (χ1n) is 12.4. The molecule has 37 heavy (non-hydrogen) atoms. The minimum Gasteiger partial charge on any atom is -0.350 e. The van der Waals surface area contributed by atoms with Crippen molar-refractivity contribution in [2.45, 2.75) is 57.6 Å². The summed E-state index contributed by atoms with van der Waals surface area (Å²) in [6.45, 7) is 6.50. The predicted octanol–water partition coefficient (Wildman–Crippen LogP) is 3.96. The number of amides is 2. The molecular weight excluding hydrogens is 486 g/mol. The molecule has 196 valence electrons. The summed E-state index contributed by atoms with van der Waals surface area (Å²) in [4.78, 5) is 28.1. The Morgan fingerprint density at radius 1 is 0.865 bits per heavy atom. The first-order valence-corrected chi connectivity index (χ1v) is 13.9. The highest BCUT2D eigenvalue weighted by Gasteiger charge is 2.26. The van der Waals surface area contributed by atoms with Gasteiger partial charge in [-0.25, -0.2) is 13.1 Å². The largest absolute Gasteiger partial charge is 0.350 e. The second kappa shape index (κ2) is 13.2. The van der Waals surface area contributed by atoms with Crippen LogP contribution in [0, 0.1) is 6.92 Å². The summed E-state index contributed by atoms with van der Waals surface area (Å²) in [6, 6.07) is 23.4. The van der Waals surface area contributed by atoms with Crippen LogP contribution in [-0.4, -0.2) is 37.7 Å². The van der Waals surface area contributed by atoms with Gasteiger partial charge in [-0.15, -0.1) is 0 Å². The SMILES string of the molecule is CCNS(=O)(=O)c1ccc(CCC(=O)N(Cc2ccccc2)[C@@H](C)C(=O)NCc2ccc(C)cc2)cc1. The van der Waals surface area contributed by atoms with Crippen molar-refractivity contribution >= 4 is 21.8 Å². The van der Waals surface area contributed by atoms with Crippen LogP contribution in [0.5, 0.6) is 0 Å². The number of nitrogens with one attached hydrogen (secondary N) is 2. The van der Waals surface area contributed by atoms with Crippen molar-refractivity contribution in [1.82, 2.24) is 14.9 Å². The van der Waals surface area contributed by atoms with Gasteiger partial charge in [0.2, 0.25) is 21.8 Å². The maximum Gasteiger partial charge on any atom is 0.242 e. The molecule has 0 bridgehead atoms. The lowest BCUT2D eigenvalue weighted by Crippen LogP contribution is -2.47. The van der Waals surface area contributed by atoms with Crippen LogP contribution in [0.4, 0.5) is 0 Å². The molecule has 8 heteroatoms. The van der Waals surface area contributed by atoms with Crippen molar-refractivity contribution in [2.24, 2.45) is 0 Å². The van der Waals surface area contributed by atoms with Crippen molar-refractivity contribution in [3.63, 3.8) is 0 Å². The van der Waals surface area contributed by atoms with Gasteiger partial charge in [-0.2, -0.15) is 0 Å². The Balaban J connectivity index is 1.67. The van der Waals surface area contributed by atoms with Gasteiger partial charge < -0.3 is 10.2 Å². The van der Waals surface area contributed by atoms with Crippen molar-refractivity contribution in [3.8, 4) is 0 Å². The number of carbonyl (C=O) groups excluding carboxylic acids is 2. The van der Waals surface area contributed by atoms with Crippen LogP contribution in [-0.2, 0) is 39.1 Å². The quantitative estimate of drug-likeness (QED) is 0.377. The highest BCUT2D eigenvalue weighted by molar-refractivity contribution is 7.89. The van der Waals surface area contributed by atoms with Crippen molar-refractivity contribution in [2.75, 3.05) is 6.54 Å². The molecule has 0 aliphatic heterocycles. The second-order valence-corrected chi connectivity index (χ2v) is 10.8. The summed E-state index contributed by atoms with van der Waals surface area (Å²) in [5.74, 6) is -0.367. The molecule has 0 spiro atoms. The molecule has 2 amide bonds. The molecule has 0 fully saturated rings. The Kier molecular flexibility index (Phi) is 10.00. The summed E-state index contributed by atoms with van der Waals surface area (Å²) in [6.07, 6.45) is 0.630. The number of benzene rings is 3. The van der Waals surface area contributed by atoms with Crippen molar-refractivity contribution in [1.29, 1.82) is 0 Å². The predicted molar refractivity (Wildman–Crippen MR) is 145 cm³/mol. The Labute approximate surface area is 220 Å². The normalized spacial score (nSPS) is 12.1. The van der Waals surface area contributed by atoms with Crippen LogP contribution in [0.3, 0.4) is 0 Å². The van der Waals surface area contributed by atoms with Gasteiger partial charge in [0.25, 0.3) is 0 Å². The van der Waals surface area contributed by atoms with E-state index in [1.54, 1.807) is 43.0 Å². The lowest BCUT2D eigenvalue weighted by molar-refractivity contribution is -0.140. The molecule has 0 aromatic heterocycles. The van der Waals surface area contributed by atoms with E-state index in [1.807, 2.05) is 61.5 Å². The zero-order valence-corrected chi connectivity index (χ0v) is 22.4. The monoisotopic (exact) mass is 521 g/mol. The third-order valence-electron chi connectivity index (χ3n) is 6.15. The minimum absolute atomic E-state index is 0.147. The first-order chi connectivity index (χ1) is 17.7. The van der Waals surface area contributed by atoms with E-state index in [9.17, 15) is 18.0 Å². The highest BCUT2D eigenvalue weighted by Crippen LogP contribution is 2.15. The van der Waals surface area contributed by atoms with Crippen molar-refractivity contribution in [3.05, 3.63) is 101 Å². The van der Waals surface area contributed by atoms with E-state index in [0.29, 0.717) is 26.1 Å². The molecule has 0 saturated heterocycles. The van der Waals surface area contributed by atoms with Crippen molar-refractivity contribution < 1.29 is 18.0 Å². The molecule has 0 saturated carbocycles. The first kappa shape index (κ1) is 28.1. The summed E-state index contributed by atoms with van der Waals surface area (Å²) in [5.41, 5.74) is 3.93. The van der Waals surface area contributed by atoms with Gasteiger partial charge in [-0.3, -0.25) is 9.59 Å². The smallest absolute Gasteiger partial charge is 0.242 e. The van der Waals surface area contributed by atoms with Gasteiger partial charge in [0.15, 0.2) is 0 Å². The number of aryl methyl sites for hydroxylation is 2. The number of carbonyl (C=O) groups is 2. The molecule has 1 atom stereocenters. The van der Waals surface area contributed by atoms with Crippen LogP contribution in [0.25, 0.3) is 0 Å². The average molecular weight is 522 g/mol. The maximum atomic E-state index is 13.3. The third kappa shape index (κ3) is 8.27. The van der Waals surface area contributed by atoms with Gasteiger partial charge in [-0.1, -0.05) is 79.2 Å². The van der Waals surface area contributed by atoms with E-state index in [-0.39, 0.29) is 23.1 Å². The van der Waals surface area contributed by atoms with Gasteiger partial charge >= 0.3 is 0 Å². The molecule has 2 N–H and O–H groups in total. The molecular formula is C29H35N3O4S. The van der Waals surface area contributed by atoms with E-state index in [1.165, 1.54) is 0 Å². The average Bonchev–Trinajstić information content (AvgIpc) is 2.90. The number of rotatable bonds is 12. The molecule has 0 heterocycles. The standard InChI is InChI=1S/C29H35N3O4S/c1-4-31-37(35,36)27-17-14-24(15-18-27)16-19-28(33)32(21-26-8-6-5-7-9-26)23(3)29(34)30-20-25-12-10-22(2)11-13-25/h5-15,17-18,23,31H,4,16,19-21H2,1-3H3,(H,30,34)/t23-/m0/s1. The van der Waals surface area contributed by atoms with Crippen LogP contribution in [0.15, 0.2) is 83.8 Å². The molecule has 0 radical (unpaired) electrons. The third-order valence-corrected chi connectivity index (χ3v) is 7.71. The number of hydrogen-bond donors (Lipinski definition) is 2. The molecule has 3 aromatic carbocycles. The van der Waals surface area contributed by atoms with Gasteiger partial charge in [0.1, 0.15) is 6.04 Å². The van der Waals surface area contributed by atoms with Crippen LogP contribution >= 0.6 is 0 Å². The lowest BCUT2D eigenvalue weighted by atomic mass is 10.1. The summed E-state index contributed by atoms with van der Waals surface area (Å²) < 4.78 is 26.8. The molecule has 3 aromatic rings. The second-order valence-electron chi connectivity index (χ2n) is 9.03. The van der Waals surface area contributed by atoms with Gasteiger partial charge in [0.05, 0.1) is 4.90 Å². The molecule has 0 unspecified atom stereocenters. The fourth-order valence-electron chi connectivity index (χ4n) is 3.91. The van der Waals surface area contributed by atoms with Gasteiger partial charge in [0, 0.05) is 26.1 Å². The van der Waals surface area contributed by atoms with Crippen LogP contribution in [0.1, 0.15) is 42.5 Å². The zero-order chi connectivity index (χ0) is 26.8. The van der Waals surface area contributed by atoms with E-state index in [0.717, 1.165) is 22.3 Å². The topological polar surface area (TPSA) is 95.6 Å². The van der Waals surface area contributed by atoms with Crippen LogP contribution in [0.2, 0.25) is 0 Å². The van der Waals surface area contributed by atoms with E-state index < -0.39 is 16.1 Å². The highest BCUT2D eigenvalue weighted by atomic mass is 32.2. The van der Waals surface area contributed by atoms with E-state index in [4.69, 9.17) is 0 Å². The number of hydrogen-bond acceptors (Lipinski definition) is 4. The zero-order valence-electron chi connectivity index (χ0n) is 21.6. The maximum absolute atomic E-state index is 13.3. The molecule has 0 aliphatic rings. The number of sulfonamides is 1. The molecule has 7 nitrogen and oxygen atoms in total. The Morgan fingerprint density at radius 2 is 1.49 bits per heavy atom. The fourth-order valence-corrected chi connectivity index (χ4v) is 4.95.